The van der Waals surface area contributed by atoms with Crippen molar-refractivity contribution in [1.82, 2.24) is 10.2 Å². The molecular weight excluding hydrogens is 344 g/mol. The zero-order valence-corrected chi connectivity index (χ0v) is 16.0. The van der Waals surface area contributed by atoms with Crippen LogP contribution in [0.4, 0.5) is 0 Å². The highest BCUT2D eigenvalue weighted by molar-refractivity contribution is 9.10. The van der Waals surface area contributed by atoms with Gasteiger partial charge < -0.3 is 19.7 Å². The Hall–Kier alpha value is -0.780. The predicted molar refractivity (Wildman–Crippen MR) is 96.0 cm³/mol. The van der Waals surface area contributed by atoms with Crippen molar-refractivity contribution in [3.8, 4) is 11.5 Å². The van der Waals surface area contributed by atoms with Crippen LogP contribution in [0.25, 0.3) is 0 Å². The summed E-state index contributed by atoms with van der Waals surface area (Å²) in [6.07, 6.45) is 0.114. The number of halogens is 1. The highest BCUT2D eigenvalue weighted by atomic mass is 79.9. The van der Waals surface area contributed by atoms with Gasteiger partial charge in [-0.25, -0.2) is 0 Å². The first-order valence-electron chi connectivity index (χ1n) is 7.97. The van der Waals surface area contributed by atoms with Crippen LogP contribution >= 0.6 is 15.9 Å². The van der Waals surface area contributed by atoms with E-state index in [9.17, 15) is 0 Å². The van der Waals surface area contributed by atoms with E-state index in [4.69, 9.17) is 9.47 Å². The van der Waals surface area contributed by atoms with E-state index in [1.165, 1.54) is 5.56 Å². The minimum atomic E-state index is 0.114. The number of hydrogen-bond acceptors (Lipinski definition) is 4. The highest BCUT2D eigenvalue weighted by Gasteiger charge is 2.13. The molecule has 0 unspecified atom stereocenters. The summed E-state index contributed by atoms with van der Waals surface area (Å²) in [5.74, 6) is 1.54. The van der Waals surface area contributed by atoms with Crippen molar-refractivity contribution in [2.24, 2.45) is 0 Å². The van der Waals surface area contributed by atoms with Crippen molar-refractivity contribution in [2.75, 3.05) is 33.3 Å². The quantitative estimate of drug-likeness (QED) is 0.635. The molecule has 0 amide bonds. The minimum absolute atomic E-state index is 0.114. The minimum Gasteiger partial charge on any atom is -0.493 e. The van der Waals surface area contributed by atoms with Gasteiger partial charge in [-0.2, -0.15) is 0 Å². The molecule has 0 aliphatic rings. The van der Waals surface area contributed by atoms with Gasteiger partial charge in [-0.15, -0.1) is 0 Å². The zero-order chi connectivity index (χ0) is 16.5. The lowest BCUT2D eigenvalue weighted by Gasteiger charge is -2.19. The van der Waals surface area contributed by atoms with E-state index >= 15 is 0 Å². The van der Waals surface area contributed by atoms with Gasteiger partial charge in [0.1, 0.15) is 0 Å². The van der Waals surface area contributed by atoms with Gasteiger partial charge in [0, 0.05) is 19.6 Å². The number of methoxy groups -OCH3 is 1. The molecule has 5 heteroatoms. The third-order valence-electron chi connectivity index (χ3n) is 3.47. The number of nitrogens with zero attached hydrogens (tertiary/aromatic N) is 1. The molecule has 0 heterocycles. The molecule has 0 aromatic heterocycles. The number of likely N-dealkylation sites (N-methyl/N-ethyl adjacent to an activating group) is 1. The summed E-state index contributed by atoms with van der Waals surface area (Å²) in [6.45, 7) is 13.5. The van der Waals surface area contributed by atoms with Crippen LogP contribution in [-0.4, -0.2) is 44.3 Å². The first kappa shape index (κ1) is 19.3. The summed E-state index contributed by atoms with van der Waals surface area (Å²) in [6, 6.07) is 4.12. The zero-order valence-electron chi connectivity index (χ0n) is 14.4. The lowest BCUT2D eigenvalue weighted by Crippen LogP contribution is -2.31. The normalized spacial score (nSPS) is 11.3. The van der Waals surface area contributed by atoms with Crippen molar-refractivity contribution in [2.45, 2.75) is 40.3 Å². The molecule has 0 aliphatic heterocycles. The summed E-state index contributed by atoms with van der Waals surface area (Å²) in [4.78, 5) is 2.41. The second kappa shape index (κ2) is 10.1. The Kier molecular flexibility index (Phi) is 8.83. The molecule has 0 saturated carbocycles. The van der Waals surface area contributed by atoms with Crippen LogP contribution in [0.15, 0.2) is 16.6 Å². The Bertz CT molecular complexity index is 449. The summed E-state index contributed by atoms with van der Waals surface area (Å²) in [5, 5.41) is 3.48. The van der Waals surface area contributed by atoms with Crippen molar-refractivity contribution in [3.63, 3.8) is 0 Å². The van der Waals surface area contributed by atoms with Gasteiger partial charge in [-0.1, -0.05) is 13.8 Å². The lowest BCUT2D eigenvalue weighted by molar-refractivity contribution is 0.228. The molecule has 1 aromatic carbocycles. The van der Waals surface area contributed by atoms with E-state index in [0.717, 1.165) is 48.7 Å². The molecule has 0 saturated heterocycles. The molecule has 126 valence electrons. The molecule has 0 aliphatic carbocycles. The molecule has 22 heavy (non-hydrogen) atoms. The number of benzene rings is 1. The maximum Gasteiger partial charge on any atom is 0.175 e. The Labute approximate surface area is 143 Å². The number of rotatable bonds is 10. The first-order valence-corrected chi connectivity index (χ1v) is 8.77. The maximum atomic E-state index is 5.81. The van der Waals surface area contributed by atoms with Crippen LogP contribution in [0.1, 0.15) is 33.3 Å². The summed E-state index contributed by atoms with van der Waals surface area (Å²) in [5.41, 5.74) is 1.18. The van der Waals surface area contributed by atoms with E-state index < -0.39 is 0 Å². The summed E-state index contributed by atoms with van der Waals surface area (Å²) in [7, 11) is 1.67. The second-order valence-corrected chi connectivity index (χ2v) is 6.33. The SMILES string of the molecule is CCN(CC)CCNCc1cc(Br)c(OC(C)C)c(OC)c1. The Morgan fingerprint density at radius 1 is 1.23 bits per heavy atom. The van der Waals surface area contributed by atoms with Gasteiger partial charge in [-0.05, 0) is 60.6 Å². The monoisotopic (exact) mass is 372 g/mol. The molecular formula is C17H29BrN2O2. The average molecular weight is 373 g/mol. The van der Waals surface area contributed by atoms with Gasteiger partial charge >= 0.3 is 0 Å². The van der Waals surface area contributed by atoms with Crippen LogP contribution in [0.2, 0.25) is 0 Å². The molecule has 0 radical (unpaired) electrons. The van der Waals surface area contributed by atoms with E-state index in [2.05, 4.69) is 46.1 Å². The molecule has 0 atom stereocenters. The molecule has 1 N–H and O–H groups in total. The largest absolute Gasteiger partial charge is 0.493 e. The number of ether oxygens (including phenoxy) is 2. The average Bonchev–Trinajstić information content (AvgIpc) is 2.49. The molecule has 1 aromatic rings. The van der Waals surface area contributed by atoms with Crippen molar-refractivity contribution in [1.29, 1.82) is 0 Å². The maximum absolute atomic E-state index is 5.81. The van der Waals surface area contributed by atoms with Gasteiger partial charge in [-0.3, -0.25) is 0 Å². The van der Waals surface area contributed by atoms with Crippen molar-refractivity contribution < 1.29 is 9.47 Å². The predicted octanol–water partition coefficient (Wildman–Crippen LogP) is 3.68. The van der Waals surface area contributed by atoms with Crippen LogP contribution < -0.4 is 14.8 Å². The smallest absolute Gasteiger partial charge is 0.175 e. The molecule has 0 fully saturated rings. The molecule has 0 spiro atoms. The second-order valence-electron chi connectivity index (χ2n) is 5.48. The molecule has 0 bridgehead atoms. The topological polar surface area (TPSA) is 33.7 Å². The van der Waals surface area contributed by atoms with Gasteiger partial charge in [0.2, 0.25) is 0 Å². The summed E-state index contributed by atoms with van der Waals surface area (Å²) >= 11 is 3.58. The Morgan fingerprint density at radius 2 is 1.91 bits per heavy atom. The van der Waals surface area contributed by atoms with Crippen LogP contribution in [-0.2, 0) is 6.54 Å². The molecule has 4 nitrogen and oxygen atoms in total. The first-order chi connectivity index (χ1) is 10.5. The van der Waals surface area contributed by atoms with E-state index in [-0.39, 0.29) is 6.10 Å². The van der Waals surface area contributed by atoms with E-state index in [1.54, 1.807) is 7.11 Å². The van der Waals surface area contributed by atoms with Crippen LogP contribution in [0.3, 0.4) is 0 Å². The lowest BCUT2D eigenvalue weighted by atomic mass is 10.2. The van der Waals surface area contributed by atoms with Gasteiger partial charge in [0.05, 0.1) is 17.7 Å². The Balaban J connectivity index is 2.63. The number of nitrogens with one attached hydrogen (secondary N) is 1. The fraction of sp³-hybridized carbons (Fsp3) is 0.647. The fourth-order valence-electron chi connectivity index (χ4n) is 2.24. The van der Waals surface area contributed by atoms with E-state index in [0.29, 0.717) is 0 Å². The van der Waals surface area contributed by atoms with Crippen LogP contribution in [0.5, 0.6) is 11.5 Å². The van der Waals surface area contributed by atoms with Crippen molar-refractivity contribution in [3.05, 3.63) is 22.2 Å². The van der Waals surface area contributed by atoms with Crippen molar-refractivity contribution >= 4 is 15.9 Å². The van der Waals surface area contributed by atoms with Gasteiger partial charge in [0.25, 0.3) is 0 Å². The Morgan fingerprint density at radius 3 is 2.45 bits per heavy atom. The summed E-state index contributed by atoms with van der Waals surface area (Å²) < 4.78 is 12.2. The highest BCUT2D eigenvalue weighted by Crippen LogP contribution is 2.37. The molecule has 1 rings (SSSR count). The third kappa shape index (κ3) is 6.15. The fourth-order valence-corrected chi connectivity index (χ4v) is 2.82. The number of hydrogen-bond donors (Lipinski definition) is 1. The third-order valence-corrected chi connectivity index (χ3v) is 4.06. The van der Waals surface area contributed by atoms with Crippen LogP contribution in [0, 0.1) is 0 Å². The standard InChI is InChI=1S/C17H29BrN2O2/c1-6-20(7-2)9-8-19-12-14-10-15(18)17(22-13(3)4)16(11-14)21-5/h10-11,13,19H,6-9,12H2,1-5H3. The van der Waals surface area contributed by atoms with E-state index in [1.807, 2.05) is 19.9 Å². The van der Waals surface area contributed by atoms with Gasteiger partial charge in [0.15, 0.2) is 11.5 Å².